The fourth-order valence-corrected chi connectivity index (χ4v) is 1.35. The van der Waals surface area contributed by atoms with E-state index in [9.17, 15) is 4.79 Å². The van der Waals surface area contributed by atoms with E-state index in [1.54, 1.807) is 18.2 Å². The first-order valence-electron chi connectivity index (χ1n) is 4.84. The van der Waals surface area contributed by atoms with Crippen LogP contribution in [0.5, 0.6) is 5.75 Å². The Balaban J connectivity index is 3.10. The molecule has 3 N–H and O–H groups in total. The standard InChI is InChI=1S/C11H13ClN2O3/c1-17-9-3-2-7(5-11(15)16)4-8(9)14-10(13)6-12/h2-4H,5-6H2,1H3,(H2,13,14)(H,15,16). The third-order valence-electron chi connectivity index (χ3n) is 2.00. The number of amidine groups is 1. The first kappa shape index (κ1) is 13.3. The second-order valence-electron chi connectivity index (χ2n) is 3.31. The Morgan fingerprint density at radius 1 is 1.59 bits per heavy atom. The molecule has 5 nitrogen and oxygen atoms in total. The number of carboxylic acid groups (broad SMARTS) is 1. The maximum Gasteiger partial charge on any atom is 0.307 e. The van der Waals surface area contributed by atoms with Crippen molar-refractivity contribution in [1.29, 1.82) is 0 Å². The summed E-state index contributed by atoms with van der Waals surface area (Å²) in [6.45, 7) is 0. The van der Waals surface area contributed by atoms with Crippen molar-refractivity contribution in [3.63, 3.8) is 0 Å². The number of hydrogen-bond acceptors (Lipinski definition) is 3. The van der Waals surface area contributed by atoms with Crippen LogP contribution in [0.25, 0.3) is 0 Å². The molecule has 0 radical (unpaired) electrons. The number of ether oxygens (including phenoxy) is 1. The van der Waals surface area contributed by atoms with Gasteiger partial charge in [0, 0.05) is 0 Å². The fourth-order valence-electron chi connectivity index (χ4n) is 1.29. The van der Waals surface area contributed by atoms with Gasteiger partial charge < -0.3 is 15.6 Å². The third kappa shape index (κ3) is 3.96. The number of rotatable bonds is 5. The molecule has 1 aromatic rings. The van der Waals surface area contributed by atoms with Crippen LogP contribution >= 0.6 is 11.6 Å². The smallest absolute Gasteiger partial charge is 0.307 e. The van der Waals surface area contributed by atoms with Gasteiger partial charge in [0.25, 0.3) is 0 Å². The number of halogens is 1. The zero-order valence-electron chi connectivity index (χ0n) is 9.31. The molecule has 0 unspecified atom stereocenters. The number of alkyl halides is 1. The molecule has 1 rings (SSSR count). The summed E-state index contributed by atoms with van der Waals surface area (Å²) in [5.74, 6) is -0.0353. The molecule has 0 fully saturated rings. The van der Waals surface area contributed by atoms with Crippen LogP contribution in [0.2, 0.25) is 0 Å². The van der Waals surface area contributed by atoms with Gasteiger partial charge in [0.1, 0.15) is 17.3 Å². The van der Waals surface area contributed by atoms with Crippen LogP contribution in [0.4, 0.5) is 5.69 Å². The average molecular weight is 257 g/mol. The summed E-state index contributed by atoms with van der Waals surface area (Å²) in [5.41, 5.74) is 6.63. The van der Waals surface area contributed by atoms with E-state index in [2.05, 4.69) is 4.99 Å². The molecular weight excluding hydrogens is 244 g/mol. The summed E-state index contributed by atoms with van der Waals surface area (Å²) in [6, 6.07) is 4.94. The van der Waals surface area contributed by atoms with Crippen LogP contribution in [-0.4, -0.2) is 29.9 Å². The van der Waals surface area contributed by atoms with Gasteiger partial charge in [-0.25, -0.2) is 4.99 Å². The van der Waals surface area contributed by atoms with Crippen LogP contribution in [0, 0.1) is 0 Å². The number of carboxylic acids is 1. The maximum absolute atomic E-state index is 10.6. The summed E-state index contributed by atoms with van der Waals surface area (Å²) < 4.78 is 5.10. The monoisotopic (exact) mass is 256 g/mol. The van der Waals surface area contributed by atoms with Crippen molar-refractivity contribution in [2.75, 3.05) is 13.0 Å². The molecule has 0 aromatic heterocycles. The zero-order chi connectivity index (χ0) is 12.8. The topological polar surface area (TPSA) is 84.9 Å². The number of nitrogens with zero attached hydrogens (tertiary/aromatic N) is 1. The molecule has 0 aliphatic carbocycles. The Kier molecular flexibility index (Phi) is 4.78. The molecule has 0 heterocycles. The summed E-state index contributed by atoms with van der Waals surface area (Å²) >= 11 is 5.53. The van der Waals surface area contributed by atoms with E-state index in [0.29, 0.717) is 17.0 Å². The number of hydrogen-bond donors (Lipinski definition) is 2. The quantitative estimate of drug-likeness (QED) is 0.476. The first-order valence-corrected chi connectivity index (χ1v) is 5.38. The minimum Gasteiger partial charge on any atom is -0.494 e. The lowest BCUT2D eigenvalue weighted by atomic mass is 10.1. The predicted molar refractivity (Wildman–Crippen MR) is 66.3 cm³/mol. The Labute approximate surface area is 104 Å². The predicted octanol–water partition coefficient (Wildman–Crippen LogP) is 1.55. The second-order valence-corrected chi connectivity index (χ2v) is 3.58. The number of methoxy groups -OCH3 is 1. The molecular formula is C11H13ClN2O3. The lowest BCUT2D eigenvalue weighted by Crippen LogP contribution is -2.12. The molecule has 17 heavy (non-hydrogen) atoms. The minimum atomic E-state index is -0.907. The van der Waals surface area contributed by atoms with Gasteiger partial charge in [0.15, 0.2) is 0 Å². The van der Waals surface area contributed by atoms with Crippen LogP contribution < -0.4 is 10.5 Å². The number of benzene rings is 1. The van der Waals surface area contributed by atoms with Gasteiger partial charge in [-0.05, 0) is 17.7 Å². The molecule has 6 heteroatoms. The molecule has 0 aliphatic heterocycles. The van der Waals surface area contributed by atoms with Gasteiger partial charge in [0.05, 0.1) is 19.4 Å². The van der Waals surface area contributed by atoms with E-state index in [4.69, 9.17) is 27.2 Å². The van der Waals surface area contributed by atoms with Crippen LogP contribution in [-0.2, 0) is 11.2 Å². The Hall–Kier alpha value is -1.75. The van der Waals surface area contributed by atoms with Gasteiger partial charge in [-0.15, -0.1) is 11.6 Å². The normalized spacial score (nSPS) is 11.3. The van der Waals surface area contributed by atoms with Crippen molar-refractivity contribution < 1.29 is 14.6 Å². The minimum absolute atomic E-state index is 0.0761. The van der Waals surface area contributed by atoms with Crippen LogP contribution in [0.15, 0.2) is 23.2 Å². The molecule has 1 aromatic carbocycles. The van der Waals surface area contributed by atoms with E-state index in [-0.39, 0.29) is 18.1 Å². The molecule has 0 aliphatic rings. The number of carbonyl (C=O) groups is 1. The highest BCUT2D eigenvalue weighted by Crippen LogP contribution is 2.28. The molecule has 92 valence electrons. The largest absolute Gasteiger partial charge is 0.494 e. The number of aliphatic carboxylic acids is 1. The van der Waals surface area contributed by atoms with E-state index in [1.807, 2.05) is 0 Å². The van der Waals surface area contributed by atoms with E-state index in [0.717, 1.165) is 0 Å². The molecule has 0 amide bonds. The Bertz CT molecular complexity index is 446. The summed E-state index contributed by atoms with van der Waals surface area (Å²) in [6.07, 6.45) is -0.0761. The molecule has 0 spiro atoms. The second kappa shape index (κ2) is 6.10. The van der Waals surface area contributed by atoms with Crippen molar-refractivity contribution in [3.05, 3.63) is 23.8 Å². The van der Waals surface area contributed by atoms with E-state index < -0.39 is 5.97 Å². The van der Waals surface area contributed by atoms with Gasteiger partial charge in [0.2, 0.25) is 0 Å². The van der Waals surface area contributed by atoms with Gasteiger partial charge in [-0.3, -0.25) is 4.79 Å². The van der Waals surface area contributed by atoms with Crippen molar-refractivity contribution in [3.8, 4) is 5.75 Å². The highest BCUT2D eigenvalue weighted by atomic mass is 35.5. The molecule has 0 saturated heterocycles. The van der Waals surface area contributed by atoms with Gasteiger partial charge in [-0.2, -0.15) is 0 Å². The van der Waals surface area contributed by atoms with Gasteiger partial charge in [-0.1, -0.05) is 6.07 Å². The summed E-state index contributed by atoms with van der Waals surface area (Å²) in [5, 5.41) is 8.70. The van der Waals surface area contributed by atoms with Gasteiger partial charge >= 0.3 is 5.97 Å². The SMILES string of the molecule is COc1ccc(CC(=O)O)cc1N=C(N)CCl. The highest BCUT2D eigenvalue weighted by molar-refractivity contribution is 6.28. The van der Waals surface area contributed by atoms with Crippen LogP contribution in [0.1, 0.15) is 5.56 Å². The molecule has 0 atom stereocenters. The maximum atomic E-state index is 10.6. The molecule has 0 bridgehead atoms. The molecule has 0 saturated carbocycles. The van der Waals surface area contributed by atoms with Crippen molar-refractivity contribution >= 4 is 29.1 Å². The Morgan fingerprint density at radius 2 is 2.29 bits per heavy atom. The highest BCUT2D eigenvalue weighted by Gasteiger charge is 2.07. The van der Waals surface area contributed by atoms with Crippen molar-refractivity contribution in [2.45, 2.75) is 6.42 Å². The third-order valence-corrected chi connectivity index (χ3v) is 2.27. The first-order chi connectivity index (χ1) is 8.06. The average Bonchev–Trinajstić information content (AvgIpc) is 2.28. The van der Waals surface area contributed by atoms with Crippen LogP contribution in [0.3, 0.4) is 0 Å². The zero-order valence-corrected chi connectivity index (χ0v) is 10.1. The number of nitrogens with two attached hydrogens (primary N) is 1. The summed E-state index contributed by atoms with van der Waals surface area (Å²) in [7, 11) is 1.50. The lowest BCUT2D eigenvalue weighted by Gasteiger charge is -2.07. The Morgan fingerprint density at radius 3 is 2.82 bits per heavy atom. The van der Waals surface area contributed by atoms with Crippen molar-refractivity contribution in [1.82, 2.24) is 0 Å². The summed E-state index contributed by atoms with van der Waals surface area (Å²) in [4.78, 5) is 14.7. The lowest BCUT2D eigenvalue weighted by molar-refractivity contribution is -0.136. The number of aliphatic imine (C=N–C) groups is 1. The van der Waals surface area contributed by atoms with E-state index >= 15 is 0 Å². The van der Waals surface area contributed by atoms with Crippen molar-refractivity contribution in [2.24, 2.45) is 10.7 Å². The fraction of sp³-hybridized carbons (Fsp3) is 0.273. The van der Waals surface area contributed by atoms with E-state index in [1.165, 1.54) is 7.11 Å².